The maximum atomic E-state index is 11.4. The highest BCUT2D eigenvalue weighted by molar-refractivity contribution is 7.86. The number of aromatic hydroxyl groups is 1. The van der Waals surface area contributed by atoms with Gasteiger partial charge in [-0.15, -0.1) is 0 Å². The van der Waals surface area contributed by atoms with Crippen molar-refractivity contribution in [3.63, 3.8) is 0 Å². The van der Waals surface area contributed by atoms with Gasteiger partial charge in [-0.1, -0.05) is 36.9 Å². The maximum Gasteiger partial charge on any atom is 0.298 e. The van der Waals surface area contributed by atoms with Crippen molar-refractivity contribution >= 4 is 15.7 Å². The Hall–Kier alpha value is -2.31. The minimum Gasteiger partial charge on any atom is -0.507 e. The van der Waals surface area contributed by atoms with Crippen LogP contribution in [0.3, 0.4) is 0 Å². The molecule has 0 saturated carbocycles. The number of phenolic OH excluding ortho intramolecular Hbond substituents is 1. The summed E-state index contributed by atoms with van der Waals surface area (Å²) in [6.07, 6.45) is 0. The summed E-state index contributed by atoms with van der Waals surface area (Å²) < 4.78 is 36.9. The molecular formula is C15H14O5S. The highest BCUT2D eigenvalue weighted by Crippen LogP contribution is 2.36. The molecule has 110 valence electrons. The van der Waals surface area contributed by atoms with E-state index in [9.17, 15) is 18.1 Å². The first-order valence-electron chi connectivity index (χ1n) is 5.97. The second-order valence-electron chi connectivity index (χ2n) is 4.34. The van der Waals surface area contributed by atoms with Crippen LogP contribution in [0.5, 0.6) is 11.5 Å². The fourth-order valence-corrected chi connectivity index (χ4v) is 2.61. The standard InChI is InChI=1S/C15H14O5S/c1-10(11-6-4-3-5-7-11)12-8-15(21(17,18)19)14(20-2)9-13(12)16/h3-9,16H,1H2,2H3,(H,17,18,19). The van der Waals surface area contributed by atoms with Crippen molar-refractivity contribution < 1.29 is 22.8 Å². The smallest absolute Gasteiger partial charge is 0.298 e. The molecule has 2 rings (SSSR count). The second kappa shape index (κ2) is 5.59. The first-order chi connectivity index (χ1) is 9.84. The van der Waals surface area contributed by atoms with Crippen LogP contribution in [0.1, 0.15) is 11.1 Å². The summed E-state index contributed by atoms with van der Waals surface area (Å²) in [5.74, 6) is -0.326. The molecule has 0 amide bonds. The van der Waals surface area contributed by atoms with Gasteiger partial charge >= 0.3 is 0 Å². The quantitative estimate of drug-likeness (QED) is 0.849. The van der Waals surface area contributed by atoms with Gasteiger partial charge in [-0.2, -0.15) is 8.42 Å². The number of hydrogen-bond donors (Lipinski definition) is 2. The summed E-state index contributed by atoms with van der Waals surface area (Å²) in [6.45, 7) is 3.86. The predicted molar refractivity (Wildman–Crippen MR) is 79.1 cm³/mol. The number of ether oxygens (including phenoxy) is 1. The third-order valence-corrected chi connectivity index (χ3v) is 3.88. The van der Waals surface area contributed by atoms with E-state index in [-0.39, 0.29) is 17.1 Å². The summed E-state index contributed by atoms with van der Waals surface area (Å²) in [5, 5.41) is 10.0. The molecule has 21 heavy (non-hydrogen) atoms. The molecule has 0 fully saturated rings. The van der Waals surface area contributed by atoms with E-state index >= 15 is 0 Å². The first-order valence-corrected chi connectivity index (χ1v) is 7.42. The predicted octanol–water partition coefficient (Wildman–Crippen LogP) is 2.71. The fraction of sp³-hybridized carbons (Fsp3) is 0.0667. The maximum absolute atomic E-state index is 11.4. The number of methoxy groups -OCH3 is 1. The van der Waals surface area contributed by atoms with Gasteiger partial charge in [-0.05, 0) is 17.2 Å². The Morgan fingerprint density at radius 2 is 1.81 bits per heavy atom. The largest absolute Gasteiger partial charge is 0.507 e. The lowest BCUT2D eigenvalue weighted by atomic mass is 9.99. The SMILES string of the molecule is C=C(c1ccccc1)c1cc(S(=O)(=O)O)c(OC)cc1O. The van der Waals surface area contributed by atoms with Crippen LogP contribution >= 0.6 is 0 Å². The van der Waals surface area contributed by atoms with Crippen molar-refractivity contribution in [2.24, 2.45) is 0 Å². The van der Waals surface area contributed by atoms with E-state index in [2.05, 4.69) is 6.58 Å². The molecular weight excluding hydrogens is 292 g/mol. The molecule has 2 N–H and O–H groups in total. The zero-order valence-corrected chi connectivity index (χ0v) is 12.1. The molecule has 2 aromatic rings. The van der Waals surface area contributed by atoms with Gasteiger partial charge in [0, 0.05) is 11.6 Å². The van der Waals surface area contributed by atoms with Gasteiger partial charge < -0.3 is 9.84 Å². The summed E-state index contributed by atoms with van der Waals surface area (Å²) in [6, 6.07) is 11.2. The van der Waals surface area contributed by atoms with Crippen LogP contribution in [0.2, 0.25) is 0 Å². The fourth-order valence-electron chi connectivity index (χ4n) is 1.95. The third-order valence-electron chi connectivity index (χ3n) is 3.01. The monoisotopic (exact) mass is 306 g/mol. The van der Waals surface area contributed by atoms with Crippen molar-refractivity contribution in [1.82, 2.24) is 0 Å². The summed E-state index contributed by atoms with van der Waals surface area (Å²) >= 11 is 0. The van der Waals surface area contributed by atoms with E-state index in [0.29, 0.717) is 5.57 Å². The average molecular weight is 306 g/mol. The van der Waals surface area contributed by atoms with Gasteiger partial charge in [-0.25, -0.2) is 0 Å². The Balaban J connectivity index is 2.63. The zero-order valence-electron chi connectivity index (χ0n) is 11.3. The molecule has 0 radical (unpaired) electrons. The zero-order chi connectivity index (χ0) is 15.6. The molecule has 0 heterocycles. The van der Waals surface area contributed by atoms with Crippen LogP contribution in [-0.4, -0.2) is 25.2 Å². The molecule has 0 atom stereocenters. The van der Waals surface area contributed by atoms with Gasteiger partial charge in [0.25, 0.3) is 10.1 Å². The first kappa shape index (κ1) is 15.1. The number of benzene rings is 2. The third kappa shape index (κ3) is 3.07. The van der Waals surface area contributed by atoms with Crippen LogP contribution in [0.4, 0.5) is 0 Å². The molecule has 0 aliphatic rings. The van der Waals surface area contributed by atoms with E-state index in [1.165, 1.54) is 7.11 Å². The molecule has 6 heteroatoms. The summed E-state index contributed by atoms with van der Waals surface area (Å²) in [4.78, 5) is -0.421. The van der Waals surface area contributed by atoms with E-state index in [4.69, 9.17) is 4.74 Å². The van der Waals surface area contributed by atoms with Crippen molar-refractivity contribution in [2.75, 3.05) is 7.11 Å². The van der Waals surface area contributed by atoms with E-state index < -0.39 is 15.0 Å². The van der Waals surface area contributed by atoms with E-state index in [1.807, 2.05) is 6.07 Å². The topological polar surface area (TPSA) is 83.8 Å². The molecule has 0 aromatic heterocycles. The van der Waals surface area contributed by atoms with Gasteiger partial charge in [0.1, 0.15) is 16.4 Å². The van der Waals surface area contributed by atoms with E-state index in [1.54, 1.807) is 24.3 Å². The van der Waals surface area contributed by atoms with Crippen LogP contribution in [0.15, 0.2) is 53.9 Å². The summed E-state index contributed by atoms with van der Waals surface area (Å²) in [5.41, 5.74) is 1.36. The Labute approximate surface area is 122 Å². The second-order valence-corrected chi connectivity index (χ2v) is 5.73. The normalized spacial score (nSPS) is 11.1. The van der Waals surface area contributed by atoms with Crippen molar-refractivity contribution in [1.29, 1.82) is 0 Å². The van der Waals surface area contributed by atoms with Crippen molar-refractivity contribution in [2.45, 2.75) is 4.90 Å². The van der Waals surface area contributed by atoms with E-state index in [0.717, 1.165) is 17.7 Å². The highest BCUT2D eigenvalue weighted by atomic mass is 32.2. The molecule has 0 bridgehead atoms. The van der Waals surface area contributed by atoms with Crippen molar-refractivity contribution in [3.05, 3.63) is 60.2 Å². The van der Waals surface area contributed by atoms with Crippen LogP contribution in [-0.2, 0) is 10.1 Å². The molecule has 0 saturated heterocycles. The molecule has 0 aliphatic heterocycles. The van der Waals surface area contributed by atoms with Crippen LogP contribution in [0.25, 0.3) is 5.57 Å². The number of rotatable bonds is 4. The minimum atomic E-state index is -4.48. The van der Waals surface area contributed by atoms with Gasteiger partial charge in [-0.3, -0.25) is 4.55 Å². The van der Waals surface area contributed by atoms with Gasteiger partial charge in [0.05, 0.1) is 7.11 Å². The number of hydrogen-bond acceptors (Lipinski definition) is 4. The molecule has 0 unspecified atom stereocenters. The number of phenols is 1. The average Bonchev–Trinajstić information content (AvgIpc) is 2.45. The molecule has 5 nitrogen and oxygen atoms in total. The van der Waals surface area contributed by atoms with Gasteiger partial charge in [0.15, 0.2) is 0 Å². The minimum absolute atomic E-state index is 0.139. The van der Waals surface area contributed by atoms with Crippen LogP contribution < -0.4 is 4.74 Å². The highest BCUT2D eigenvalue weighted by Gasteiger charge is 2.21. The summed E-state index contributed by atoms with van der Waals surface area (Å²) in [7, 11) is -3.23. The molecule has 2 aromatic carbocycles. The Morgan fingerprint density at radius 1 is 1.19 bits per heavy atom. The molecule has 0 spiro atoms. The van der Waals surface area contributed by atoms with Gasteiger partial charge in [0.2, 0.25) is 0 Å². The molecule has 0 aliphatic carbocycles. The Morgan fingerprint density at radius 3 is 2.33 bits per heavy atom. The lowest BCUT2D eigenvalue weighted by molar-refractivity contribution is 0.391. The lowest BCUT2D eigenvalue weighted by Crippen LogP contribution is -2.03. The Kier molecular flexibility index (Phi) is 4.02. The Bertz CT molecular complexity index is 779. The van der Waals surface area contributed by atoms with Crippen molar-refractivity contribution in [3.8, 4) is 11.5 Å². The van der Waals surface area contributed by atoms with Crippen LogP contribution in [0, 0.1) is 0 Å². The lowest BCUT2D eigenvalue weighted by Gasteiger charge is -2.13.